The van der Waals surface area contributed by atoms with E-state index < -0.39 is 21.7 Å². The number of hydrogen-bond donors (Lipinski definition) is 3. The minimum absolute atomic E-state index is 0.0364. The van der Waals surface area contributed by atoms with Crippen LogP contribution in [0.2, 0.25) is 5.02 Å². The number of benzene rings is 3. The lowest BCUT2D eigenvalue weighted by atomic mass is 9.87. The molecule has 6 nitrogen and oxygen atoms in total. The Morgan fingerprint density at radius 2 is 1.76 bits per heavy atom. The van der Waals surface area contributed by atoms with Crippen LogP contribution in [0.4, 0.5) is 15.8 Å². The lowest BCUT2D eigenvalue weighted by Crippen LogP contribution is -2.18. The molecule has 0 unspecified atom stereocenters. The Kier molecular flexibility index (Phi) is 7.11. The summed E-state index contributed by atoms with van der Waals surface area (Å²) in [5, 5.41) is 2.51. The van der Waals surface area contributed by atoms with E-state index in [1.54, 1.807) is 24.3 Å². The number of nitrogens with two attached hydrogens (primary N) is 1. The van der Waals surface area contributed by atoms with Gasteiger partial charge in [-0.3, -0.25) is 9.52 Å². The van der Waals surface area contributed by atoms with Crippen LogP contribution in [-0.4, -0.2) is 14.3 Å². The van der Waals surface area contributed by atoms with Crippen molar-refractivity contribution in [2.45, 2.75) is 37.6 Å². The van der Waals surface area contributed by atoms with Gasteiger partial charge in [0.15, 0.2) is 0 Å². The Bertz CT molecular complexity index is 1280. The molecule has 0 spiro atoms. The molecule has 0 saturated carbocycles. The van der Waals surface area contributed by atoms with Gasteiger partial charge < -0.3 is 11.1 Å². The maximum Gasteiger partial charge on any atom is 0.261 e. The van der Waals surface area contributed by atoms with Crippen molar-refractivity contribution in [3.05, 3.63) is 88.2 Å². The van der Waals surface area contributed by atoms with E-state index in [9.17, 15) is 17.6 Å². The van der Waals surface area contributed by atoms with Gasteiger partial charge in [-0.25, -0.2) is 12.8 Å². The Morgan fingerprint density at radius 1 is 1.06 bits per heavy atom. The molecule has 0 aromatic heterocycles. The van der Waals surface area contributed by atoms with Crippen LogP contribution in [0.3, 0.4) is 0 Å². The highest BCUT2D eigenvalue weighted by molar-refractivity contribution is 7.92. The van der Waals surface area contributed by atoms with Gasteiger partial charge in [-0.1, -0.05) is 56.6 Å². The van der Waals surface area contributed by atoms with Crippen molar-refractivity contribution in [1.29, 1.82) is 0 Å². The Morgan fingerprint density at radius 3 is 2.39 bits per heavy atom. The van der Waals surface area contributed by atoms with E-state index in [2.05, 4.69) is 10.0 Å². The summed E-state index contributed by atoms with van der Waals surface area (Å²) < 4.78 is 42.8. The van der Waals surface area contributed by atoms with Crippen LogP contribution in [0.25, 0.3) is 0 Å². The zero-order valence-corrected chi connectivity index (χ0v) is 20.0. The monoisotopic (exact) mass is 489 g/mol. The second-order valence-electron chi connectivity index (χ2n) is 8.51. The SMILES string of the molecule is CC(C)(C)c1cccc(S(=O)(=O)Nc2cc(NC(=O)c3c(F)cccc3Cl)ccc2CN)c1. The summed E-state index contributed by atoms with van der Waals surface area (Å²) in [6.07, 6.45) is 0. The van der Waals surface area contributed by atoms with Crippen LogP contribution in [0.15, 0.2) is 65.6 Å². The average molecular weight is 490 g/mol. The maximum absolute atomic E-state index is 14.1. The maximum atomic E-state index is 14.1. The number of rotatable bonds is 6. The van der Waals surface area contributed by atoms with Crippen LogP contribution >= 0.6 is 11.6 Å². The van der Waals surface area contributed by atoms with Crippen molar-refractivity contribution >= 4 is 38.9 Å². The van der Waals surface area contributed by atoms with E-state index >= 15 is 0 Å². The summed E-state index contributed by atoms with van der Waals surface area (Å²) in [7, 11) is -3.94. The van der Waals surface area contributed by atoms with E-state index in [0.29, 0.717) is 5.56 Å². The topological polar surface area (TPSA) is 101 Å². The number of halogens is 2. The molecule has 3 aromatic rings. The Labute approximate surface area is 198 Å². The van der Waals surface area contributed by atoms with Crippen LogP contribution < -0.4 is 15.8 Å². The summed E-state index contributed by atoms with van der Waals surface area (Å²) in [6.45, 7) is 6.04. The Hall–Kier alpha value is -2.94. The molecular formula is C24H25ClFN3O3S. The van der Waals surface area contributed by atoms with Gasteiger partial charge in [0.2, 0.25) is 0 Å². The molecule has 0 fully saturated rings. The number of carbonyl (C=O) groups excluding carboxylic acids is 1. The molecule has 0 bridgehead atoms. The molecule has 3 rings (SSSR count). The fourth-order valence-electron chi connectivity index (χ4n) is 3.17. The summed E-state index contributed by atoms with van der Waals surface area (Å²) in [4.78, 5) is 12.7. The first kappa shape index (κ1) is 24.7. The van der Waals surface area contributed by atoms with Crippen LogP contribution in [0.1, 0.15) is 42.3 Å². The fourth-order valence-corrected chi connectivity index (χ4v) is 4.56. The van der Waals surface area contributed by atoms with Gasteiger partial charge in [-0.05, 0) is 52.9 Å². The van der Waals surface area contributed by atoms with E-state index in [4.69, 9.17) is 17.3 Å². The van der Waals surface area contributed by atoms with E-state index in [-0.39, 0.29) is 38.8 Å². The number of hydrogen-bond acceptors (Lipinski definition) is 4. The number of amides is 1. The third kappa shape index (κ3) is 5.71. The van der Waals surface area contributed by atoms with Crippen molar-refractivity contribution in [3.8, 4) is 0 Å². The quantitative estimate of drug-likeness (QED) is 0.438. The van der Waals surface area contributed by atoms with Crippen molar-refractivity contribution < 1.29 is 17.6 Å². The van der Waals surface area contributed by atoms with E-state index in [1.165, 1.54) is 24.3 Å². The molecule has 33 heavy (non-hydrogen) atoms. The minimum Gasteiger partial charge on any atom is -0.326 e. The zero-order valence-electron chi connectivity index (χ0n) is 18.4. The van der Waals surface area contributed by atoms with Gasteiger partial charge in [-0.15, -0.1) is 0 Å². The molecule has 0 aliphatic rings. The predicted molar refractivity (Wildman–Crippen MR) is 130 cm³/mol. The molecule has 9 heteroatoms. The molecule has 0 aliphatic carbocycles. The van der Waals surface area contributed by atoms with Gasteiger partial charge >= 0.3 is 0 Å². The molecule has 0 radical (unpaired) electrons. The highest BCUT2D eigenvalue weighted by atomic mass is 35.5. The minimum atomic E-state index is -3.94. The first-order valence-electron chi connectivity index (χ1n) is 10.1. The molecule has 4 N–H and O–H groups in total. The Balaban J connectivity index is 1.92. The highest BCUT2D eigenvalue weighted by Crippen LogP contribution is 2.28. The highest BCUT2D eigenvalue weighted by Gasteiger charge is 2.21. The number of nitrogens with one attached hydrogen (secondary N) is 2. The second-order valence-corrected chi connectivity index (χ2v) is 10.6. The number of sulfonamides is 1. The van der Waals surface area contributed by atoms with Gasteiger partial charge in [0.05, 0.1) is 21.2 Å². The molecular weight excluding hydrogens is 465 g/mol. The molecule has 174 valence electrons. The lowest BCUT2D eigenvalue weighted by molar-refractivity contribution is 0.102. The van der Waals surface area contributed by atoms with Crippen molar-refractivity contribution in [1.82, 2.24) is 0 Å². The van der Waals surface area contributed by atoms with Crippen LogP contribution in [-0.2, 0) is 22.0 Å². The zero-order chi connectivity index (χ0) is 24.4. The third-order valence-corrected chi connectivity index (χ3v) is 6.71. The van der Waals surface area contributed by atoms with E-state index in [0.717, 1.165) is 11.6 Å². The normalized spacial score (nSPS) is 11.8. The molecule has 3 aromatic carbocycles. The second kappa shape index (κ2) is 9.51. The van der Waals surface area contributed by atoms with Gasteiger partial charge in [0.1, 0.15) is 5.82 Å². The van der Waals surface area contributed by atoms with E-state index in [1.807, 2.05) is 26.8 Å². The first-order chi connectivity index (χ1) is 15.4. The lowest BCUT2D eigenvalue weighted by Gasteiger charge is -2.20. The summed E-state index contributed by atoms with van der Waals surface area (Å²) in [5.41, 5.74) is 7.09. The first-order valence-corrected chi connectivity index (χ1v) is 12.0. The van der Waals surface area contributed by atoms with Crippen molar-refractivity contribution in [2.24, 2.45) is 5.73 Å². The molecule has 0 saturated heterocycles. The molecule has 0 aliphatic heterocycles. The molecule has 0 atom stereocenters. The van der Waals surface area contributed by atoms with Crippen LogP contribution in [0.5, 0.6) is 0 Å². The largest absolute Gasteiger partial charge is 0.326 e. The molecule has 0 heterocycles. The summed E-state index contributed by atoms with van der Waals surface area (Å²) in [6, 6.07) is 15.2. The fraction of sp³-hybridized carbons (Fsp3) is 0.208. The van der Waals surface area contributed by atoms with Gasteiger partial charge in [0.25, 0.3) is 15.9 Å². The third-order valence-electron chi connectivity index (χ3n) is 5.03. The van der Waals surface area contributed by atoms with Gasteiger partial charge in [-0.2, -0.15) is 0 Å². The predicted octanol–water partition coefficient (Wildman–Crippen LogP) is 5.29. The summed E-state index contributed by atoms with van der Waals surface area (Å²) in [5.74, 6) is -1.52. The molecule has 1 amide bonds. The van der Waals surface area contributed by atoms with Gasteiger partial charge in [0, 0.05) is 12.2 Å². The summed E-state index contributed by atoms with van der Waals surface area (Å²) >= 11 is 5.96. The standard InChI is InChI=1S/C24H25ClFN3O3S/c1-24(2,3)16-6-4-7-18(12-16)33(31,32)29-21-13-17(11-10-15(21)14-27)28-23(30)22-19(25)8-5-9-20(22)26/h4-13,29H,14,27H2,1-3H3,(H,28,30). The number of anilines is 2. The van der Waals surface area contributed by atoms with Crippen LogP contribution in [0, 0.1) is 5.82 Å². The average Bonchev–Trinajstić information content (AvgIpc) is 2.73. The van der Waals surface area contributed by atoms with Crippen molar-refractivity contribution in [2.75, 3.05) is 10.0 Å². The van der Waals surface area contributed by atoms with Crippen molar-refractivity contribution in [3.63, 3.8) is 0 Å². The smallest absolute Gasteiger partial charge is 0.261 e. The number of carbonyl (C=O) groups is 1.